The van der Waals surface area contributed by atoms with E-state index in [4.69, 9.17) is 9.47 Å². The molecule has 2 N–H and O–H groups in total. The number of hydrogen-bond acceptors (Lipinski definition) is 5. The van der Waals surface area contributed by atoms with Crippen molar-refractivity contribution in [2.75, 3.05) is 26.2 Å². The van der Waals surface area contributed by atoms with Gasteiger partial charge in [-0.25, -0.2) is 4.79 Å². The van der Waals surface area contributed by atoms with Gasteiger partial charge in [0.1, 0.15) is 5.75 Å². The molecule has 1 fully saturated rings. The van der Waals surface area contributed by atoms with Crippen molar-refractivity contribution in [1.82, 2.24) is 15.5 Å². The molecule has 0 aliphatic carbocycles. The van der Waals surface area contributed by atoms with Gasteiger partial charge in [-0.2, -0.15) is 0 Å². The van der Waals surface area contributed by atoms with Gasteiger partial charge in [0.2, 0.25) is 5.91 Å². The van der Waals surface area contributed by atoms with Crippen molar-refractivity contribution in [2.45, 2.75) is 58.6 Å². The molecule has 30 heavy (non-hydrogen) atoms. The predicted molar refractivity (Wildman–Crippen MR) is 113 cm³/mol. The average Bonchev–Trinajstić information content (AvgIpc) is 2.73. The Labute approximate surface area is 178 Å². The lowest BCUT2D eigenvalue weighted by Crippen LogP contribution is -2.46. The fourth-order valence-electron chi connectivity index (χ4n) is 3.20. The number of amides is 3. The van der Waals surface area contributed by atoms with Crippen molar-refractivity contribution in [3.8, 4) is 5.75 Å². The number of nitrogens with zero attached hydrogens (tertiary/aromatic N) is 1. The maximum Gasteiger partial charge on any atom is 0.409 e. The lowest BCUT2D eigenvalue weighted by Gasteiger charge is -2.31. The highest BCUT2D eigenvalue weighted by molar-refractivity contribution is 5.81. The summed E-state index contributed by atoms with van der Waals surface area (Å²) in [5.74, 6) is 0.404. The van der Waals surface area contributed by atoms with Crippen LogP contribution in [0.25, 0.3) is 0 Å². The molecule has 1 aliphatic rings. The summed E-state index contributed by atoms with van der Waals surface area (Å²) >= 11 is 0. The minimum atomic E-state index is -0.605. The summed E-state index contributed by atoms with van der Waals surface area (Å²) in [6, 6.07) is 7.60. The molecule has 8 nitrogen and oxygen atoms in total. The maximum absolute atomic E-state index is 12.1. The van der Waals surface area contributed by atoms with Crippen molar-refractivity contribution in [3.05, 3.63) is 29.8 Å². The van der Waals surface area contributed by atoms with Crippen LogP contribution in [0.2, 0.25) is 0 Å². The fourth-order valence-corrected chi connectivity index (χ4v) is 3.20. The van der Waals surface area contributed by atoms with Gasteiger partial charge in [-0.3, -0.25) is 9.59 Å². The topological polar surface area (TPSA) is 97.0 Å². The molecule has 3 amide bonds. The van der Waals surface area contributed by atoms with E-state index < -0.39 is 6.10 Å². The Morgan fingerprint density at radius 2 is 1.83 bits per heavy atom. The smallest absolute Gasteiger partial charge is 0.409 e. The highest BCUT2D eigenvalue weighted by atomic mass is 16.6. The first-order chi connectivity index (χ1) is 14.4. The van der Waals surface area contributed by atoms with Gasteiger partial charge in [-0.1, -0.05) is 17.7 Å². The molecular formula is C22H33N3O5. The van der Waals surface area contributed by atoms with Crippen molar-refractivity contribution in [2.24, 2.45) is 0 Å². The first kappa shape index (κ1) is 23.5. The van der Waals surface area contributed by atoms with Crippen LogP contribution in [0.15, 0.2) is 24.3 Å². The van der Waals surface area contributed by atoms with Gasteiger partial charge >= 0.3 is 6.09 Å². The molecule has 1 saturated heterocycles. The van der Waals surface area contributed by atoms with E-state index in [0.29, 0.717) is 44.8 Å². The third-order valence-electron chi connectivity index (χ3n) is 4.97. The van der Waals surface area contributed by atoms with E-state index in [-0.39, 0.29) is 23.9 Å². The highest BCUT2D eigenvalue weighted by Crippen LogP contribution is 2.14. The number of benzene rings is 1. The van der Waals surface area contributed by atoms with E-state index in [2.05, 4.69) is 10.6 Å². The van der Waals surface area contributed by atoms with Gasteiger partial charge in [0, 0.05) is 32.1 Å². The Bertz CT molecular complexity index is 699. The second-order valence-electron chi connectivity index (χ2n) is 7.50. The minimum absolute atomic E-state index is 0.0391. The van der Waals surface area contributed by atoms with Gasteiger partial charge in [0.15, 0.2) is 6.10 Å². The summed E-state index contributed by atoms with van der Waals surface area (Å²) in [5, 5.41) is 5.80. The van der Waals surface area contributed by atoms with E-state index >= 15 is 0 Å². The zero-order valence-corrected chi connectivity index (χ0v) is 18.1. The van der Waals surface area contributed by atoms with E-state index in [1.54, 1.807) is 18.7 Å². The van der Waals surface area contributed by atoms with Crippen LogP contribution in [0.1, 0.15) is 45.1 Å². The molecule has 166 valence electrons. The van der Waals surface area contributed by atoms with Crippen LogP contribution >= 0.6 is 0 Å². The summed E-state index contributed by atoms with van der Waals surface area (Å²) in [4.78, 5) is 37.6. The van der Waals surface area contributed by atoms with Crippen molar-refractivity contribution < 1.29 is 23.9 Å². The number of nitrogens with one attached hydrogen (secondary N) is 2. The van der Waals surface area contributed by atoms with Gasteiger partial charge < -0.3 is 25.0 Å². The molecule has 0 aromatic heterocycles. The number of carbonyl (C=O) groups excluding carboxylic acids is 3. The molecular weight excluding hydrogens is 386 g/mol. The molecule has 0 spiro atoms. The minimum Gasteiger partial charge on any atom is -0.481 e. The number of rotatable bonds is 9. The molecule has 0 bridgehead atoms. The normalized spacial score (nSPS) is 15.2. The Morgan fingerprint density at radius 3 is 2.47 bits per heavy atom. The molecule has 1 aromatic rings. The zero-order valence-electron chi connectivity index (χ0n) is 18.1. The van der Waals surface area contributed by atoms with Crippen LogP contribution in [0, 0.1) is 6.92 Å². The number of piperidine rings is 1. The van der Waals surface area contributed by atoms with Crippen molar-refractivity contribution in [3.63, 3.8) is 0 Å². The summed E-state index contributed by atoms with van der Waals surface area (Å²) in [6.45, 7) is 7.41. The first-order valence-corrected chi connectivity index (χ1v) is 10.6. The fraction of sp³-hybridized carbons (Fsp3) is 0.591. The Hall–Kier alpha value is -2.77. The molecule has 1 unspecified atom stereocenters. The summed E-state index contributed by atoms with van der Waals surface area (Å²) in [7, 11) is 0. The van der Waals surface area contributed by atoms with E-state index in [1.165, 1.54) is 0 Å². The Morgan fingerprint density at radius 1 is 1.17 bits per heavy atom. The largest absolute Gasteiger partial charge is 0.481 e. The molecule has 1 heterocycles. The van der Waals surface area contributed by atoms with E-state index in [9.17, 15) is 14.4 Å². The second-order valence-corrected chi connectivity index (χ2v) is 7.50. The average molecular weight is 420 g/mol. The molecule has 2 rings (SSSR count). The van der Waals surface area contributed by atoms with Gasteiger partial charge in [0.05, 0.1) is 6.61 Å². The second kappa shape index (κ2) is 12.0. The summed E-state index contributed by atoms with van der Waals surface area (Å²) < 4.78 is 10.6. The molecule has 0 radical (unpaired) electrons. The van der Waals surface area contributed by atoms with Crippen molar-refractivity contribution in [1.29, 1.82) is 0 Å². The third kappa shape index (κ3) is 7.93. The third-order valence-corrected chi connectivity index (χ3v) is 4.97. The van der Waals surface area contributed by atoms with Crippen LogP contribution in [-0.4, -0.2) is 61.2 Å². The molecule has 1 aromatic carbocycles. The van der Waals surface area contributed by atoms with Crippen molar-refractivity contribution >= 4 is 17.9 Å². The number of carbonyl (C=O) groups is 3. The molecule has 1 atom stereocenters. The lowest BCUT2D eigenvalue weighted by molar-refractivity contribution is -0.127. The van der Waals surface area contributed by atoms with Gasteiger partial charge in [-0.15, -0.1) is 0 Å². The monoisotopic (exact) mass is 419 g/mol. The van der Waals surface area contributed by atoms with Crippen LogP contribution in [0.5, 0.6) is 5.75 Å². The molecule has 1 aliphatic heterocycles. The van der Waals surface area contributed by atoms with Crippen LogP contribution in [0.3, 0.4) is 0 Å². The maximum atomic E-state index is 12.1. The predicted octanol–water partition coefficient (Wildman–Crippen LogP) is 2.40. The van der Waals surface area contributed by atoms with Crippen LogP contribution in [0.4, 0.5) is 4.79 Å². The standard InChI is InChI=1S/C22H33N3O5/c1-4-29-22(28)25-14-11-18(12-15-25)24-20(26)6-5-13-23-21(27)17(3)30-19-9-7-16(2)8-10-19/h7-10,17-18H,4-6,11-15H2,1-3H3,(H,23,27)(H,24,26). The van der Waals surface area contributed by atoms with E-state index in [0.717, 1.165) is 18.4 Å². The molecule has 8 heteroatoms. The Balaban J connectivity index is 1.58. The van der Waals surface area contributed by atoms with Gasteiger partial charge in [0.25, 0.3) is 5.91 Å². The number of likely N-dealkylation sites (tertiary alicyclic amines) is 1. The lowest BCUT2D eigenvalue weighted by atomic mass is 10.1. The first-order valence-electron chi connectivity index (χ1n) is 10.6. The Kier molecular flexibility index (Phi) is 9.44. The number of aryl methyl sites for hydroxylation is 1. The SMILES string of the molecule is CCOC(=O)N1CCC(NC(=O)CCCNC(=O)C(C)Oc2ccc(C)cc2)CC1. The van der Waals surface area contributed by atoms with Gasteiger partial charge in [-0.05, 0) is 52.2 Å². The summed E-state index contributed by atoms with van der Waals surface area (Å²) in [6.07, 6.45) is 1.43. The number of ether oxygens (including phenoxy) is 2. The quantitative estimate of drug-likeness (QED) is 0.599. The summed E-state index contributed by atoms with van der Waals surface area (Å²) in [5.41, 5.74) is 1.13. The highest BCUT2D eigenvalue weighted by Gasteiger charge is 2.24. The van der Waals surface area contributed by atoms with Crippen LogP contribution in [-0.2, 0) is 14.3 Å². The molecule has 0 saturated carbocycles. The zero-order chi connectivity index (χ0) is 21.9. The number of hydrogen-bond donors (Lipinski definition) is 2. The van der Waals surface area contributed by atoms with E-state index in [1.807, 2.05) is 31.2 Å². The van der Waals surface area contributed by atoms with Crippen LogP contribution < -0.4 is 15.4 Å².